The Morgan fingerprint density at radius 3 is 1.86 bits per heavy atom. The lowest BCUT2D eigenvalue weighted by atomic mass is 10.2. The topological polar surface area (TPSA) is 61.8 Å². The molecule has 148 valence electrons. The Bertz CT molecular complexity index is 781. The fraction of sp³-hybridized carbons (Fsp3) is 0.217. The van der Waals surface area contributed by atoms with Crippen molar-refractivity contribution in [1.29, 1.82) is 0 Å². The molecule has 0 amide bonds. The first-order valence-corrected chi connectivity index (χ1v) is 8.74. The monoisotopic (exact) mass is 382 g/mol. The van der Waals surface area contributed by atoms with Gasteiger partial charge in [0.25, 0.3) is 0 Å². The third kappa shape index (κ3) is 9.38. The van der Waals surface area contributed by atoms with Crippen LogP contribution in [0.4, 0.5) is 0 Å². The molecule has 0 aliphatic carbocycles. The fourth-order valence-electron chi connectivity index (χ4n) is 1.81. The first kappa shape index (κ1) is 22.7. The van der Waals surface area contributed by atoms with Gasteiger partial charge in [0, 0.05) is 18.1 Å². The highest BCUT2D eigenvalue weighted by Crippen LogP contribution is 2.11. The summed E-state index contributed by atoms with van der Waals surface area (Å²) in [5.41, 5.74) is 1.77. The third-order valence-corrected chi connectivity index (χ3v) is 3.23. The van der Waals surface area contributed by atoms with E-state index in [2.05, 4.69) is 13.2 Å². The van der Waals surface area contributed by atoms with E-state index in [0.717, 1.165) is 5.56 Å². The third-order valence-electron chi connectivity index (χ3n) is 3.23. The van der Waals surface area contributed by atoms with Gasteiger partial charge in [-0.25, -0.2) is 9.59 Å². The summed E-state index contributed by atoms with van der Waals surface area (Å²) in [4.78, 5) is 22.1. The minimum absolute atomic E-state index is 0.312. The number of carbonyl (C=O) groups excluding carboxylic acids is 2. The minimum atomic E-state index is -0.614. The average molecular weight is 382 g/mol. The zero-order chi connectivity index (χ0) is 20.9. The van der Waals surface area contributed by atoms with Gasteiger partial charge >= 0.3 is 11.9 Å². The molecule has 0 radical (unpaired) electrons. The van der Waals surface area contributed by atoms with E-state index in [1.54, 1.807) is 32.9 Å². The SMILES string of the molecule is C=C(C)C(=O)OC(C)Oc1ccccc1.C=C(C)C(=O)OCc1ccccc1. The van der Waals surface area contributed by atoms with Crippen molar-refractivity contribution in [3.63, 3.8) is 0 Å². The lowest BCUT2D eigenvalue weighted by molar-refractivity contribution is -0.156. The van der Waals surface area contributed by atoms with E-state index in [1.807, 2.05) is 48.5 Å². The standard InChI is InChI=1S/C12H14O3.C11H12O2/c1-9(2)12(13)15-10(3)14-11-7-5-4-6-8-11;1-9(2)11(12)13-8-10-6-4-3-5-7-10/h4-8,10H,1H2,2-3H3;3-7H,1,8H2,2H3. The molecular weight excluding hydrogens is 356 g/mol. The molecule has 0 fully saturated rings. The molecule has 2 aromatic rings. The summed E-state index contributed by atoms with van der Waals surface area (Å²) in [7, 11) is 0. The Labute approximate surface area is 166 Å². The van der Waals surface area contributed by atoms with Crippen LogP contribution in [-0.4, -0.2) is 18.2 Å². The van der Waals surface area contributed by atoms with Crippen LogP contribution in [0.1, 0.15) is 26.3 Å². The fourth-order valence-corrected chi connectivity index (χ4v) is 1.81. The quantitative estimate of drug-likeness (QED) is 0.390. The number of para-hydroxylation sites is 1. The Hall–Kier alpha value is -3.34. The zero-order valence-electron chi connectivity index (χ0n) is 16.5. The van der Waals surface area contributed by atoms with Gasteiger partial charge in [0.05, 0.1) is 0 Å². The summed E-state index contributed by atoms with van der Waals surface area (Å²) in [5, 5.41) is 0. The Kier molecular flexibility index (Phi) is 9.83. The number of benzene rings is 2. The van der Waals surface area contributed by atoms with Crippen molar-refractivity contribution >= 4 is 11.9 Å². The predicted octanol–water partition coefficient (Wildman–Crippen LogP) is 4.84. The van der Waals surface area contributed by atoms with Gasteiger partial charge in [-0.1, -0.05) is 61.7 Å². The van der Waals surface area contributed by atoms with Crippen LogP contribution in [0, 0.1) is 0 Å². The van der Waals surface area contributed by atoms with Crippen LogP contribution in [0.5, 0.6) is 5.75 Å². The molecule has 0 heterocycles. The highest BCUT2D eigenvalue weighted by molar-refractivity contribution is 5.87. The summed E-state index contributed by atoms with van der Waals surface area (Å²) in [6.45, 7) is 12.2. The molecule has 0 aliphatic heterocycles. The largest absolute Gasteiger partial charge is 0.457 e. The molecule has 2 rings (SSSR count). The van der Waals surface area contributed by atoms with Crippen LogP contribution < -0.4 is 4.74 Å². The minimum Gasteiger partial charge on any atom is -0.457 e. The first-order chi connectivity index (χ1) is 13.3. The van der Waals surface area contributed by atoms with Crippen LogP contribution in [0.15, 0.2) is 85.0 Å². The Morgan fingerprint density at radius 2 is 1.36 bits per heavy atom. The van der Waals surface area contributed by atoms with Crippen molar-refractivity contribution in [3.05, 3.63) is 90.5 Å². The molecule has 0 spiro atoms. The lowest BCUT2D eigenvalue weighted by Crippen LogP contribution is -2.21. The van der Waals surface area contributed by atoms with Crippen LogP contribution in [0.2, 0.25) is 0 Å². The normalized spacial score (nSPS) is 10.5. The number of rotatable bonds is 7. The molecule has 0 saturated heterocycles. The molecule has 5 nitrogen and oxygen atoms in total. The molecule has 1 unspecified atom stereocenters. The maximum absolute atomic E-state index is 11.1. The maximum atomic E-state index is 11.1. The number of hydrogen-bond donors (Lipinski definition) is 0. The van der Waals surface area contributed by atoms with Gasteiger partial charge in [0.2, 0.25) is 6.29 Å². The van der Waals surface area contributed by atoms with Gasteiger partial charge in [-0.05, 0) is 31.5 Å². The van der Waals surface area contributed by atoms with E-state index in [4.69, 9.17) is 14.2 Å². The first-order valence-electron chi connectivity index (χ1n) is 8.74. The number of esters is 2. The van der Waals surface area contributed by atoms with Crippen molar-refractivity contribution in [2.24, 2.45) is 0 Å². The van der Waals surface area contributed by atoms with Gasteiger partial charge in [-0.15, -0.1) is 0 Å². The van der Waals surface area contributed by atoms with Crippen molar-refractivity contribution < 1.29 is 23.8 Å². The van der Waals surface area contributed by atoms with Crippen molar-refractivity contribution in [1.82, 2.24) is 0 Å². The second-order valence-corrected chi connectivity index (χ2v) is 6.03. The van der Waals surface area contributed by atoms with Gasteiger partial charge in [0.1, 0.15) is 12.4 Å². The summed E-state index contributed by atoms with van der Waals surface area (Å²) in [6.07, 6.45) is -0.614. The van der Waals surface area contributed by atoms with E-state index in [9.17, 15) is 9.59 Å². The maximum Gasteiger partial charge on any atom is 0.336 e. The summed E-state index contributed by atoms with van der Waals surface area (Å²) >= 11 is 0. The highest BCUT2D eigenvalue weighted by atomic mass is 16.7. The molecule has 5 heteroatoms. The molecule has 2 aromatic carbocycles. The zero-order valence-corrected chi connectivity index (χ0v) is 16.5. The molecule has 0 saturated carbocycles. The van der Waals surface area contributed by atoms with Gasteiger partial charge in [-0.3, -0.25) is 0 Å². The van der Waals surface area contributed by atoms with Crippen LogP contribution >= 0.6 is 0 Å². The summed E-state index contributed by atoms with van der Waals surface area (Å²) in [5.74, 6) is -0.123. The lowest BCUT2D eigenvalue weighted by Gasteiger charge is -2.14. The number of carbonyl (C=O) groups is 2. The molecule has 0 N–H and O–H groups in total. The van der Waals surface area contributed by atoms with Crippen molar-refractivity contribution in [3.8, 4) is 5.75 Å². The number of ether oxygens (including phenoxy) is 3. The van der Waals surface area contributed by atoms with E-state index in [1.165, 1.54) is 0 Å². The average Bonchev–Trinajstić information content (AvgIpc) is 2.68. The van der Waals surface area contributed by atoms with Crippen molar-refractivity contribution in [2.75, 3.05) is 0 Å². The predicted molar refractivity (Wildman–Crippen MR) is 108 cm³/mol. The van der Waals surface area contributed by atoms with Crippen LogP contribution in [0.3, 0.4) is 0 Å². The molecule has 0 aromatic heterocycles. The van der Waals surface area contributed by atoms with Crippen LogP contribution in [-0.2, 0) is 25.7 Å². The van der Waals surface area contributed by atoms with Crippen LogP contribution in [0.25, 0.3) is 0 Å². The van der Waals surface area contributed by atoms with E-state index < -0.39 is 12.3 Å². The molecule has 0 bridgehead atoms. The highest BCUT2D eigenvalue weighted by Gasteiger charge is 2.10. The second kappa shape index (κ2) is 12.1. The Balaban J connectivity index is 0.000000283. The van der Waals surface area contributed by atoms with Gasteiger partial charge < -0.3 is 14.2 Å². The number of hydrogen-bond acceptors (Lipinski definition) is 5. The molecule has 28 heavy (non-hydrogen) atoms. The van der Waals surface area contributed by atoms with Crippen molar-refractivity contribution in [2.45, 2.75) is 33.7 Å². The second-order valence-electron chi connectivity index (χ2n) is 6.03. The smallest absolute Gasteiger partial charge is 0.336 e. The van der Waals surface area contributed by atoms with E-state index in [-0.39, 0.29) is 5.97 Å². The van der Waals surface area contributed by atoms with Gasteiger partial charge in [-0.2, -0.15) is 0 Å². The van der Waals surface area contributed by atoms with E-state index >= 15 is 0 Å². The summed E-state index contributed by atoms with van der Waals surface area (Å²) < 4.78 is 15.3. The Morgan fingerprint density at radius 1 is 0.857 bits per heavy atom. The molecular formula is C23H26O5. The summed E-state index contributed by atoms with van der Waals surface area (Å²) in [6, 6.07) is 18.7. The van der Waals surface area contributed by atoms with Gasteiger partial charge in [0.15, 0.2) is 0 Å². The molecule has 1 atom stereocenters. The molecule has 0 aliphatic rings. The van der Waals surface area contributed by atoms with E-state index in [0.29, 0.717) is 23.5 Å².